The number of hydrogen-bond acceptors (Lipinski definition) is 7. The van der Waals surface area contributed by atoms with Crippen molar-refractivity contribution in [3.63, 3.8) is 0 Å². The number of halogens is 1. The lowest BCUT2D eigenvalue weighted by molar-refractivity contribution is -0.700. The highest BCUT2D eigenvalue weighted by molar-refractivity contribution is 5.80. The molecule has 1 saturated heterocycles. The Labute approximate surface area is 151 Å². The number of nitrogens with two attached hydrogens (primary N) is 1. The second-order valence-corrected chi connectivity index (χ2v) is 6.72. The highest BCUT2D eigenvalue weighted by Gasteiger charge is 2.50. The lowest BCUT2D eigenvalue weighted by Gasteiger charge is -2.40. The minimum absolute atomic E-state index is 0.138. The van der Waals surface area contributed by atoms with Gasteiger partial charge in [-0.05, 0) is 19.8 Å². The van der Waals surface area contributed by atoms with Crippen LogP contribution in [0.4, 0.5) is 4.39 Å². The molecule has 0 bridgehead atoms. The number of aliphatic hydroxyl groups excluding tert-OH is 3. The van der Waals surface area contributed by atoms with Crippen molar-refractivity contribution in [1.29, 1.82) is 0 Å². The predicted octanol–water partition coefficient (Wildman–Crippen LogP) is -3.05. The lowest BCUT2D eigenvalue weighted by atomic mass is 9.96. The average molecular weight is 380 g/mol. The van der Waals surface area contributed by atoms with Crippen molar-refractivity contribution in [2.24, 2.45) is 0 Å². The zero-order chi connectivity index (χ0) is 19.9. The molecule has 10 heteroatoms. The second-order valence-electron chi connectivity index (χ2n) is 6.72. The summed E-state index contributed by atoms with van der Waals surface area (Å²) in [6.07, 6.45) is -4.50. The molecular formula is C16H30FN2O7+. The number of unbranched alkanes of at least 4 members (excludes halogenated alkanes) is 1. The first-order valence-corrected chi connectivity index (χ1v) is 8.74. The molecule has 0 aliphatic carbocycles. The van der Waals surface area contributed by atoms with E-state index in [0.29, 0.717) is 25.8 Å². The van der Waals surface area contributed by atoms with E-state index in [4.69, 9.17) is 4.74 Å². The van der Waals surface area contributed by atoms with Crippen molar-refractivity contribution < 1.29 is 44.5 Å². The molecule has 1 rings (SSSR count). The summed E-state index contributed by atoms with van der Waals surface area (Å²) < 4.78 is 17.7. The number of ketones is 1. The number of hydrogen-bond donors (Lipinski definition) is 6. The summed E-state index contributed by atoms with van der Waals surface area (Å²) >= 11 is 0. The van der Waals surface area contributed by atoms with Gasteiger partial charge in [0.1, 0.15) is 30.9 Å². The largest absolute Gasteiger partial charge is 0.388 e. The maximum absolute atomic E-state index is 12.7. The van der Waals surface area contributed by atoms with Crippen LogP contribution in [-0.4, -0.2) is 88.1 Å². The van der Waals surface area contributed by atoms with Gasteiger partial charge in [-0.25, -0.2) is 4.39 Å². The van der Waals surface area contributed by atoms with Crippen molar-refractivity contribution in [2.75, 3.05) is 19.7 Å². The molecule has 6 atom stereocenters. The summed E-state index contributed by atoms with van der Waals surface area (Å²) in [5, 5.41) is 43.2. The number of ether oxygens (including phenoxy) is 1. The molecule has 0 saturated carbocycles. The van der Waals surface area contributed by atoms with Gasteiger partial charge in [0.2, 0.25) is 5.79 Å². The standard InChI is InChI=1S/C16H29FN2O7/c1-9(17)15(24)18-6-4-3-5-11(10(2)20)19-8-16(25)14(23)13(22)12(21)7-26-16/h9,11-14,19,21-23,25H,3-8H2,1-2H3,(H,18,24)/p+1/t9?,11?,12?,13-,14+,16?/m1/s1/i17-1. The predicted molar refractivity (Wildman–Crippen MR) is 87.6 cm³/mol. The first-order chi connectivity index (χ1) is 12.1. The summed E-state index contributed by atoms with van der Waals surface area (Å²) in [6, 6.07) is -0.505. The molecule has 1 fully saturated rings. The number of aliphatic hydroxyl groups is 4. The molecule has 1 aliphatic rings. The molecule has 9 nitrogen and oxygen atoms in total. The zero-order valence-electron chi connectivity index (χ0n) is 15.1. The third kappa shape index (κ3) is 6.53. The van der Waals surface area contributed by atoms with Crippen LogP contribution in [0.25, 0.3) is 0 Å². The summed E-state index contributed by atoms with van der Waals surface area (Å²) in [5.41, 5.74) is 0. The molecule has 0 spiro atoms. The Morgan fingerprint density at radius 2 is 2.00 bits per heavy atom. The fraction of sp³-hybridized carbons (Fsp3) is 0.875. The molecular weight excluding hydrogens is 350 g/mol. The number of alkyl halides is 1. The number of amides is 1. The van der Waals surface area contributed by atoms with E-state index in [9.17, 15) is 34.4 Å². The number of nitrogens with one attached hydrogen (secondary N) is 1. The molecule has 26 heavy (non-hydrogen) atoms. The van der Waals surface area contributed by atoms with Crippen LogP contribution in [0.1, 0.15) is 33.1 Å². The van der Waals surface area contributed by atoms with Crippen molar-refractivity contribution in [3.8, 4) is 0 Å². The number of Topliss-reactive ketones (excluding diaryl/α,β-unsaturated/α-hetero) is 1. The van der Waals surface area contributed by atoms with Gasteiger partial charge in [0, 0.05) is 19.9 Å². The summed E-state index contributed by atoms with van der Waals surface area (Å²) in [4.78, 5) is 22.8. The number of quaternary nitrogens is 1. The third-order valence-corrected chi connectivity index (χ3v) is 4.50. The SMILES string of the molecule is CC(=O)C(CCCCNC(=O)C(C)[18F])[NH2+]CC1(O)OCC(O)[C@@H](O)[C@@H]1O. The van der Waals surface area contributed by atoms with Gasteiger partial charge in [0.15, 0.2) is 12.0 Å². The second kappa shape index (κ2) is 10.2. The summed E-state index contributed by atoms with van der Waals surface area (Å²) in [5.74, 6) is -2.88. The molecule has 0 aromatic heterocycles. The summed E-state index contributed by atoms with van der Waals surface area (Å²) in [7, 11) is 0. The topological polar surface area (TPSA) is 153 Å². The quantitative estimate of drug-likeness (QED) is 0.220. The van der Waals surface area contributed by atoms with Crippen LogP contribution in [0.3, 0.4) is 0 Å². The first kappa shape index (κ1) is 22.9. The van der Waals surface area contributed by atoms with E-state index in [-0.39, 0.29) is 18.9 Å². The van der Waals surface area contributed by atoms with Crippen molar-refractivity contribution in [1.82, 2.24) is 5.32 Å². The lowest BCUT2D eigenvalue weighted by Crippen LogP contribution is -2.96. The highest BCUT2D eigenvalue weighted by Crippen LogP contribution is 2.22. The van der Waals surface area contributed by atoms with Crippen molar-refractivity contribution >= 4 is 11.7 Å². The fourth-order valence-electron chi connectivity index (χ4n) is 2.71. The molecule has 7 N–H and O–H groups in total. The summed E-state index contributed by atoms with van der Waals surface area (Å²) in [6.45, 7) is 2.32. The Morgan fingerprint density at radius 1 is 1.35 bits per heavy atom. The van der Waals surface area contributed by atoms with Gasteiger partial charge in [-0.1, -0.05) is 0 Å². The van der Waals surface area contributed by atoms with E-state index in [1.165, 1.54) is 12.2 Å². The van der Waals surface area contributed by atoms with E-state index < -0.39 is 42.2 Å². The molecule has 1 amide bonds. The number of rotatable bonds is 10. The first-order valence-electron chi connectivity index (χ1n) is 8.74. The van der Waals surface area contributed by atoms with Gasteiger partial charge in [0.05, 0.1) is 6.61 Å². The average Bonchev–Trinajstić information content (AvgIpc) is 2.58. The normalized spacial score (nSPS) is 31.3. The van der Waals surface area contributed by atoms with E-state index in [1.54, 1.807) is 0 Å². The molecule has 4 unspecified atom stereocenters. The Kier molecular flexibility index (Phi) is 9.01. The Hall–Kier alpha value is -1.17. The van der Waals surface area contributed by atoms with Crippen LogP contribution in [0.2, 0.25) is 0 Å². The van der Waals surface area contributed by atoms with Crippen molar-refractivity contribution in [3.05, 3.63) is 0 Å². The van der Waals surface area contributed by atoms with Crippen LogP contribution in [0.5, 0.6) is 0 Å². The molecule has 1 heterocycles. The smallest absolute Gasteiger partial charge is 0.254 e. The van der Waals surface area contributed by atoms with Crippen LogP contribution in [0.15, 0.2) is 0 Å². The van der Waals surface area contributed by atoms with Gasteiger partial charge in [0.25, 0.3) is 5.91 Å². The Bertz CT molecular complexity index is 480. The minimum Gasteiger partial charge on any atom is -0.388 e. The number of carbonyl (C=O) groups excluding carboxylic acids is 2. The van der Waals surface area contributed by atoms with Gasteiger partial charge in [-0.3, -0.25) is 9.59 Å². The van der Waals surface area contributed by atoms with E-state index in [1.807, 2.05) is 0 Å². The van der Waals surface area contributed by atoms with E-state index in [0.717, 1.165) is 6.92 Å². The minimum atomic E-state index is -2.07. The van der Waals surface area contributed by atoms with Gasteiger partial charge in [-0.15, -0.1) is 0 Å². The van der Waals surface area contributed by atoms with Gasteiger partial charge >= 0.3 is 0 Å². The molecule has 152 valence electrons. The zero-order valence-corrected chi connectivity index (χ0v) is 15.1. The van der Waals surface area contributed by atoms with Crippen LogP contribution in [0, 0.1) is 0 Å². The van der Waals surface area contributed by atoms with Crippen LogP contribution >= 0.6 is 0 Å². The van der Waals surface area contributed by atoms with Crippen molar-refractivity contribution in [2.45, 2.75) is 69.4 Å². The molecule has 0 aromatic carbocycles. The Morgan fingerprint density at radius 3 is 2.58 bits per heavy atom. The van der Waals surface area contributed by atoms with Gasteiger partial charge < -0.3 is 35.8 Å². The van der Waals surface area contributed by atoms with E-state index in [2.05, 4.69) is 5.32 Å². The highest BCUT2D eigenvalue weighted by atomic mass is 18.2. The van der Waals surface area contributed by atoms with Crippen LogP contribution in [-0.2, 0) is 14.3 Å². The third-order valence-electron chi connectivity index (χ3n) is 4.50. The molecule has 0 aromatic rings. The monoisotopic (exact) mass is 380 g/mol. The van der Waals surface area contributed by atoms with Gasteiger partial charge in [-0.2, -0.15) is 0 Å². The van der Waals surface area contributed by atoms with E-state index >= 15 is 0 Å². The fourth-order valence-corrected chi connectivity index (χ4v) is 2.71. The number of carbonyl (C=O) groups is 2. The Balaban J connectivity index is 2.41. The maximum Gasteiger partial charge on any atom is 0.254 e. The molecule has 1 aliphatic heterocycles. The molecule has 0 radical (unpaired) electrons. The maximum atomic E-state index is 12.7. The van der Waals surface area contributed by atoms with Crippen LogP contribution < -0.4 is 10.6 Å².